The van der Waals surface area contributed by atoms with Gasteiger partial charge in [0.1, 0.15) is 11.6 Å². The van der Waals surface area contributed by atoms with Crippen molar-refractivity contribution in [1.29, 1.82) is 0 Å². The molecule has 0 radical (unpaired) electrons. The van der Waals surface area contributed by atoms with E-state index < -0.39 is 23.4 Å². The van der Waals surface area contributed by atoms with Crippen molar-refractivity contribution < 1.29 is 19.5 Å². The van der Waals surface area contributed by atoms with Crippen molar-refractivity contribution in [3.63, 3.8) is 0 Å². The van der Waals surface area contributed by atoms with E-state index in [1.54, 1.807) is 20.8 Å². The fraction of sp³-hybridized carbons (Fsp3) is 0.429. The summed E-state index contributed by atoms with van der Waals surface area (Å²) in [7, 11) is 0. The standard InChI is InChI=1S/C14H19NO4/c1-14(2,3)19-13(17)12(16)11(15-18)9-10-7-5-4-6-8-10/h4-8,11,15,18H,9H2,1-3H3/t11-/m0/s1. The molecule has 5 nitrogen and oxygen atoms in total. The van der Waals surface area contributed by atoms with Crippen LogP contribution in [0, 0.1) is 0 Å². The van der Waals surface area contributed by atoms with Gasteiger partial charge in [0.15, 0.2) is 0 Å². The van der Waals surface area contributed by atoms with Crippen LogP contribution in [0.15, 0.2) is 30.3 Å². The summed E-state index contributed by atoms with van der Waals surface area (Å²) in [5.74, 6) is -1.74. The topological polar surface area (TPSA) is 75.6 Å². The lowest BCUT2D eigenvalue weighted by atomic mass is 10.0. The van der Waals surface area contributed by atoms with Crippen LogP contribution in [0.1, 0.15) is 26.3 Å². The molecule has 19 heavy (non-hydrogen) atoms. The molecule has 0 aliphatic carbocycles. The number of carbonyl (C=O) groups is 2. The Labute approximate surface area is 112 Å². The molecular weight excluding hydrogens is 246 g/mol. The molecule has 0 heterocycles. The minimum Gasteiger partial charge on any atom is -0.454 e. The fourth-order valence-electron chi connectivity index (χ4n) is 1.52. The van der Waals surface area contributed by atoms with E-state index in [-0.39, 0.29) is 6.42 Å². The van der Waals surface area contributed by atoms with Gasteiger partial charge in [0.2, 0.25) is 0 Å². The zero-order valence-corrected chi connectivity index (χ0v) is 11.3. The van der Waals surface area contributed by atoms with E-state index in [2.05, 4.69) is 0 Å². The quantitative estimate of drug-likeness (QED) is 0.479. The molecule has 2 N–H and O–H groups in total. The molecule has 0 unspecified atom stereocenters. The first-order valence-electron chi connectivity index (χ1n) is 6.04. The number of ether oxygens (including phenoxy) is 1. The van der Waals surface area contributed by atoms with Crippen LogP contribution < -0.4 is 5.48 Å². The third-order valence-corrected chi connectivity index (χ3v) is 2.36. The molecule has 1 aromatic rings. The predicted molar refractivity (Wildman–Crippen MR) is 69.7 cm³/mol. The molecule has 0 amide bonds. The molecule has 1 aromatic carbocycles. The zero-order valence-electron chi connectivity index (χ0n) is 11.3. The number of hydroxylamine groups is 1. The Balaban J connectivity index is 2.69. The molecule has 104 valence electrons. The van der Waals surface area contributed by atoms with Crippen molar-refractivity contribution in [2.45, 2.75) is 38.8 Å². The lowest BCUT2D eigenvalue weighted by Gasteiger charge is -2.20. The normalized spacial score (nSPS) is 12.8. The van der Waals surface area contributed by atoms with Crippen LogP contribution in [0.4, 0.5) is 0 Å². The smallest absolute Gasteiger partial charge is 0.376 e. The molecule has 0 aliphatic heterocycles. The van der Waals surface area contributed by atoms with Gasteiger partial charge in [0.25, 0.3) is 5.78 Å². The Morgan fingerprint density at radius 1 is 1.26 bits per heavy atom. The van der Waals surface area contributed by atoms with Gasteiger partial charge >= 0.3 is 5.97 Å². The van der Waals surface area contributed by atoms with E-state index in [0.717, 1.165) is 5.56 Å². The van der Waals surface area contributed by atoms with Crippen molar-refractivity contribution in [1.82, 2.24) is 5.48 Å². The minimum atomic E-state index is -1.00. The van der Waals surface area contributed by atoms with Crippen LogP contribution in [-0.4, -0.2) is 28.6 Å². The number of hydrogen-bond acceptors (Lipinski definition) is 5. The number of Topliss-reactive ketones (excluding diaryl/α,β-unsaturated/α-hetero) is 1. The summed E-state index contributed by atoms with van der Waals surface area (Å²) in [5, 5.41) is 9.03. The Morgan fingerprint density at radius 2 is 1.84 bits per heavy atom. The number of nitrogens with one attached hydrogen (secondary N) is 1. The van der Waals surface area contributed by atoms with Crippen molar-refractivity contribution in [3.05, 3.63) is 35.9 Å². The molecule has 0 saturated carbocycles. The molecule has 0 saturated heterocycles. The lowest BCUT2D eigenvalue weighted by Crippen LogP contribution is -2.43. The van der Waals surface area contributed by atoms with Crippen LogP contribution in [0.3, 0.4) is 0 Å². The van der Waals surface area contributed by atoms with Gasteiger partial charge in [-0.15, -0.1) is 0 Å². The van der Waals surface area contributed by atoms with Gasteiger partial charge in [-0.1, -0.05) is 30.3 Å². The first-order chi connectivity index (χ1) is 8.83. The summed E-state index contributed by atoms with van der Waals surface area (Å²) < 4.78 is 4.98. The van der Waals surface area contributed by atoms with Gasteiger partial charge in [-0.2, -0.15) is 5.48 Å². The maximum Gasteiger partial charge on any atom is 0.376 e. The van der Waals surface area contributed by atoms with E-state index in [1.807, 2.05) is 35.8 Å². The van der Waals surface area contributed by atoms with Gasteiger partial charge < -0.3 is 9.94 Å². The summed E-state index contributed by atoms with van der Waals surface area (Å²) in [6.07, 6.45) is 0.218. The third kappa shape index (κ3) is 5.19. The average molecular weight is 265 g/mol. The second-order valence-corrected chi connectivity index (χ2v) is 5.24. The summed E-state index contributed by atoms with van der Waals surface area (Å²) in [5.41, 5.74) is 1.97. The van der Waals surface area contributed by atoms with Gasteiger partial charge in [-0.3, -0.25) is 4.79 Å². The number of esters is 1. The second kappa shape index (κ2) is 6.45. The van der Waals surface area contributed by atoms with Crippen LogP contribution in [0.5, 0.6) is 0 Å². The van der Waals surface area contributed by atoms with Gasteiger partial charge in [-0.25, -0.2) is 4.79 Å². The molecule has 0 aliphatic rings. The molecule has 5 heteroatoms. The highest BCUT2D eigenvalue weighted by atomic mass is 16.6. The van der Waals surface area contributed by atoms with Gasteiger partial charge in [-0.05, 0) is 32.8 Å². The van der Waals surface area contributed by atoms with Crippen molar-refractivity contribution in [2.24, 2.45) is 0 Å². The molecule has 0 spiro atoms. The van der Waals surface area contributed by atoms with Crippen LogP contribution >= 0.6 is 0 Å². The first kappa shape index (κ1) is 15.3. The number of carbonyl (C=O) groups excluding carboxylic acids is 2. The minimum absolute atomic E-state index is 0.218. The fourth-order valence-corrected chi connectivity index (χ4v) is 1.52. The van der Waals surface area contributed by atoms with E-state index in [4.69, 9.17) is 9.94 Å². The van der Waals surface area contributed by atoms with Crippen molar-refractivity contribution in [2.75, 3.05) is 0 Å². The highest BCUT2D eigenvalue weighted by Gasteiger charge is 2.29. The third-order valence-electron chi connectivity index (χ3n) is 2.36. The molecule has 0 bridgehead atoms. The second-order valence-electron chi connectivity index (χ2n) is 5.24. The Morgan fingerprint density at radius 3 is 2.32 bits per heavy atom. The van der Waals surface area contributed by atoms with E-state index in [0.29, 0.717) is 0 Å². The predicted octanol–water partition coefficient (Wildman–Crippen LogP) is 1.49. The van der Waals surface area contributed by atoms with Crippen LogP contribution in [-0.2, 0) is 20.7 Å². The van der Waals surface area contributed by atoms with Gasteiger partial charge in [0.05, 0.1) is 0 Å². The molecular formula is C14H19NO4. The van der Waals surface area contributed by atoms with E-state index >= 15 is 0 Å². The molecule has 1 atom stereocenters. The Kier molecular flexibility index (Phi) is 5.20. The number of hydrogen-bond donors (Lipinski definition) is 2. The number of benzene rings is 1. The van der Waals surface area contributed by atoms with Gasteiger partial charge in [0, 0.05) is 0 Å². The highest BCUT2D eigenvalue weighted by molar-refractivity contribution is 6.35. The monoisotopic (exact) mass is 265 g/mol. The van der Waals surface area contributed by atoms with Crippen molar-refractivity contribution >= 4 is 11.8 Å². The molecule has 1 rings (SSSR count). The molecule has 0 aromatic heterocycles. The zero-order chi connectivity index (χ0) is 14.5. The largest absolute Gasteiger partial charge is 0.454 e. The maximum atomic E-state index is 11.9. The van der Waals surface area contributed by atoms with E-state index in [9.17, 15) is 9.59 Å². The number of rotatable bonds is 5. The van der Waals surface area contributed by atoms with Crippen LogP contribution in [0.25, 0.3) is 0 Å². The Hall–Kier alpha value is -1.72. The van der Waals surface area contributed by atoms with E-state index in [1.165, 1.54) is 0 Å². The SMILES string of the molecule is CC(C)(C)OC(=O)C(=O)[C@H](Cc1ccccc1)NO. The summed E-state index contributed by atoms with van der Waals surface area (Å²) in [6, 6.07) is 8.11. The summed E-state index contributed by atoms with van der Waals surface area (Å²) in [6.45, 7) is 5.03. The molecule has 0 fully saturated rings. The van der Waals surface area contributed by atoms with Crippen LogP contribution in [0.2, 0.25) is 0 Å². The highest BCUT2D eigenvalue weighted by Crippen LogP contribution is 2.10. The maximum absolute atomic E-state index is 11.9. The number of ketones is 1. The summed E-state index contributed by atoms with van der Waals surface area (Å²) in [4.78, 5) is 23.5. The lowest BCUT2D eigenvalue weighted by molar-refractivity contribution is -0.164. The van der Waals surface area contributed by atoms with Crippen molar-refractivity contribution in [3.8, 4) is 0 Å². The average Bonchev–Trinajstić information content (AvgIpc) is 2.34. The Bertz CT molecular complexity index is 437. The summed E-state index contributed by atoms with van der Waals surface area (Å²) >= 11 is 0. The first-order valence-corrected chi connectivity index (χ1v) is 6.04.